The van der Waals surface area contributed by atoms with Gasteiger partial charge >= 0.3 is 141 Å². The van der Waals surface area contributed by atoms with Crippen molar-refractivity contribution in [3.8, 4) is 17.0 Å². The third-order valence-corrected chi connectivity index (χ3v) is 8.76. The molecule has 2 aliphatic rings. The summed E-state index contributed by atoms with van der Waals surface area (Å²) < 4.78 is 12.0. The molecule has 2 aromatic rings. The van der Waals surface area contributed by atoms with Crippen molar-refractivity contribution in [1.29, 1.82) is 0 Å². The molecule has 0 saturated carbocycles. The van der Waals surface area contributed by atoms with Gasteiger partial charge in [-0.25, -0.2) is 0 Å². The van der Waals surface area contributed by atoms with Crippen LogP contribution >= 0.6 is 6.83 Å². The molecular formula is C18H21N2O3P. The minimum atomic E-state index is -2.29. The van der Waals surface area contributed by atoms with Crippen LogP contribution in [0.1, 0.15) is 11.3 Å². The standard InChI is InChI=1S/C18H21N2O3P/c1-13-3-5-14(6-4-13)17-18-16(24(2,11-22-18)12-23-24)9-15(20-17)7-8-19-10-21/h3-6,9-10H,7-8,11-12H2,1-2H3,(H,19,21). The average molecular weight is 344 g/mol. The zero-order valence-electron chi connectivity index (χ0n) is 13.9. The number of aromatic nitrogens is 1. The summed E-state index contributed by atoms with van der Waals surface area (Å²) in [6, 6.07) is 10.5. The van der Waals surface area contributed by atoms with Crippen LogP contribution in [0.5, 0.6) is 5.75 Å². The molecule has 24 heavy (non-hydrogen) atoms. The monoisotopic (exact) mass is 344 g/mol. The number of aryl methyl sites for hydroxylation is 1. The molecule has 0 radical (unpaired) electrons. The predicted octanol–water partition coefficient (Wildman–Crippen LogP) is 2.41. The van der Waals surface area contributed by atoms with Gasteiger partial charge in [0.05, 0.1) is 0 Å². The van der Waals surface area contributed by atoms with E-state index in [1.165, 1.54) is 10.9 Å². The normalized spacial score (nSPS) is 20.5. The van der Waals surface area contributed by atoms with E-state index in [4.69, 9.17) is 14.2 Å². The summed E-state index contributed by atoms with van der Waals surface area (Å²) in [5.74, 6) is 0.878. The van der Waals surface area contributed by atoms with Crippen LogP contribution in [0.3, 0.4) is 0 Å². The summed E-state index contributed by atoms with van der Waals surface area (Å²) in [6.45, 7) is 2.57. The van der Waals surface area contributed by atoms with Gasteiger partial charge in [-0.15, -0.1) is 0 Å². The SMILES string of the molecule is Cc1ccc(-c2nc(CCNC=O)cc3c2OCP32(C)CO2)cc1. The second-order valence-corrected chi connectivity index (χ2v) is 12.1. The molecular weight excluding hydrogens is 323 g/mol. The molecule has 6 heteroatoms. The third-order valence-electron chi connectivity index (χ3n) is 4.87. The number of fused-ring (bicyclic) bond motifs is 2. The van der Waals surface area contributed by atoms with Gasteiger partial charge in [-0.1, -0.05) is 0 Å². The summed E-state index contributed by atoms with van der Waals surface area (Å²) in [6.07, 6.45) is 2.86. The number of amides is 1. The van der Waals surface area contributed by atoms with Crippen molar-refractivity contribution < 1.29 is 14.1 Å². The van der Waals surface area contributed by atoms with Gasteiger partial charge in [-0.05, 0) is 0 Å². The maximum absolute atomic E-state index is 10.5. The Morgan fingerprint density at radius 1 is 1.29 bits per heavy atom. The van der Waals surface area contributed by atoms with Crippen molar-refractivity contribution in [3.63, 3.8) is 0 Å². The number of carbonyl (C=O) groups excluding carboxylic acids is 1. The Labute approximate surface area is 141 Å². The first-order valence-corrected chi connectivity index (χ1v) is 11.1. The Kier molecular flexibility index (Phi) is 3.41. The Morgan fingerprint density at radius 2 is 2.04 bits per heavy atom. The summed E-state index contributed by atoms with van der Waals surface area (Å²) in [4.78, 5) is 15.3. The summed E-state index contributed by atoms with van der Waals surface area (Å²) in [7, 11) is 0. The van der Waals surface area contributed by atoms with E-state index in [9.17, 15) is 4.79 Å². The fraction of sp³-hybridized carbons (Fsp3) is 0.333. The van der Waals surface area contributed by atoms with Crippen molar-refractivity contribution in [3.05, 3.63) is 41.6 Å². The number of carbonyl (C=O) groups is 1. The first kappa shape index (κ1) is 15.6. The second kappa shape index (κ2) is 5.27. The van der Waals surface area contributed by atoms with Crippen LogP contribution in [0.25, 0.3) is 11.3 Å². The first-order valence-electron chi connectivity index (χ1n) is 8.09. The van der Waals surface area contributed by atoms with Crippen molar-refractivity contribution in [1.82, 2.24) is 10.3 Å². The van der Waals surface area contributed by atoms with Crippen molar-refractivity contribution >= 4 is 18.5 Å². The number of rotatable bonds is 5. The van der Waals surface area contributed by atoms with E-state index in [1.807, 2.05) is 0 Å². The van der Waals surface area contributed by atoms with E-state index >= 15 is 0 Å². The van der Waals surface area contributed by atoms with Crippen molar-refractivity contribution in [2.75, 3.05) is 25.9 Å². The zero-order chi connectivity index (χ0) is 16.8. The summed E-state index contributed by atoms with van der Waals surface area (Å²) >= 11 is 0. The number of hydrogen-bond acceptors (Lipinski definition) is 4. The zero-order valence-corrected chi connectivity index (χ0v) is 14.8. The average Bonchev–Trinajstić information content (AvgIpc) is 3.20. The molecule has 1 spiro atoms. The number of ether oxygens (including phenoxy) is 1. The van der Waals surface area contributed by atoms with Crippen molar-refractivity contribution in [2.24, 2.45) is 0 Å². The van der Waals surface area contributed by atoms with Crippen LogP contribution in [-0.4, -0.2) is 37.3 Å². The predicted molar refractivity (Wildman–Crippen MR) is 96.1 cm³/mol. The van der Waals surface area contributed by atoms with Crippen LogP contribution in [0.4, 0.5) is 0 Å². The van der Waals surface area contributed by atoms with Crippen LogP contribution in [0.2, 0.25) is 0 Å². The van der Waals surface area contributed by atoms with Crippen LogP contribution < -0.4 is 15.4 Å². The fourth-order valence-corrected chi connectivity index (χ4v) is 6.43. The number of hydrogen-bond donors (Lipinski definition) is 1. The topological polar surface area (TPSA) is 63.8 Å². The summed E-state index contributed by atoms with van der Waals surface area (Å²) in [5, 5.41) is 3.91. The van der Waals surface area contributed by atoms with Gasteiger partial charge in [-0.2, -0.15) is 0 Å². The third kappa shape index (κ3) is 2.40. The Hall–Kier alpha value is -1.97. The summed E-state index contributed by atoms with van der Waals surface area (Å²) in [5.41, 5.74) is 4.11. The van der Waals surface area contributed by atoms with E-state index in [1.54, 1.807) is 0 Å². The second-order valence-electron chi connectivity index (χ2n) is 6.96. The van der Waals surface area contributed by atoms with Gasteiger partial charge in [-0.3, -0.25) is 0 Å². The van der Waals surface area contributed by atoms with Gasteiger partial charge in [0.25, 0.3) is 0 Å². The molecule has 1 aromatic heterocycles. The molecule has 1 N–H and O–H groups in total. The van der Waals surface area contributed by atoms with E-state index in [0.717, 1.165) is 35.5 Å². The van der Waals surface area contributed by atoms with Crippen LogP contribution in [0.15, 0.2) is 30.3 Å². The van der Waals surface area contributed by atoms with Crippen molar-refractivity contribution in [2.45, 2.75) is 13.3 Å². The maximum atomic E-state index is 10.5. The van der Waals surface area contributed by atoms with Gasteiger partial charge in [0, 0.05) is 0 Å². The molecule has 1 fully saturated rings. The molecule has 3 heterocycles. The molecule has 1 saturated heterocycles. The number of nitrogens with one attached hydrogen (secondary N) is 1. The van der Waals surface area contributed by atoms with Gasteiger partial charge in [0.1, 0.15) is 0 Å². The van der Waals surface area contributed by atoms with E-state index in [0.29, 0.717) is 19.3 Å². The van der Waals surface area contributed by atoms with Crippen LogP contribution in [0, 0.1) is 6.92 Å². The molecule has 1 amide bonds. The molecule has 0 bridgehead atoms. The molecule has 2 aliphatic heterocycles. The van der Waals surface area contributed by atoms with Gasteiger partial charge in [0.15, 0.2) is 0 Å². The number of pyridine rings is 1. The molecule has 4 rings (SSSR count). The molecule has 0 unspecified atom stereocenters. The molecule has 1 aromatic carbocycles. The van der Waals surface area contributed by atoms with E-state index in [-0.39, 0.29) is 0 Å². The molecule has 5 nitrogen and oxygen atoms in total. The number of benzene rings is 1. The van der Waals surface area contributed by atoms with Gasteiger partial charge < -0.3 is 0 Å². The molecule has 0 atom stereocenters. The molecule has 0 aliphatic carbocycles. The van der Waals surface area contributed by atoms with E-state index < -0.39 is 6.83 Å². The first-order chi connectivity index (χ1) is 11.5. The Bertz CT molecular complexity index is 816. The Balaban J connectivity index is 1.82. The quantitative estimate of drug-likeness (QED) is 0.392. The fourth-order valence-electron chi connectivity index (χ4n) is 3.12. The molecule has 126 valence electrons. The van der Waals surface area contributed by atoms with E-state index in [2.05, 4.69) is 49.2 Å². The van der Waals surface area contributed by atoms with Crippen LogP contribution in [-0.2, 0) is 15.7 Å². The van der Waals surface area contributed by atoms with Gasteiger partial charge in [0.2, 0.25) is 0 Å². The Morgan fingerprint density at radius 3 is 2.71 bits per heavy atom. The number of nitrogens with zero attached hydrogens (tertiary/aromatic N) is 1. The minimum absolute atomic E-state index is 0.573.